The smallest absolute Gasteiger partial charge is 0.255 e. The standard InChI is InChI=1S/C19H25N5O/c1-12-18(13(2)23(3)22-12)16-5-4-10-24(16)19(25)14-6-9-17(20-11-14)21-15-7-8-15/h6,9,11,15-16H,4-5,7-8,10H2,1-3H3,(H,20,21)/t16-/m0/s1. The number of anilines is 1. The summed E-state index contributed by atoms with van der Waals surface area (Å²) in [6, 6.07) is 4.48. The Kier molecular flexibility index (Phi) is 3.98. The van der Waals surface area contributed by atoms with Crippen molar-refractivity contribution in [2.24, 2.45) is 7.05 Å². The first-order chi connectivity index (χ1) is 12.0. The number of carbonyl (C=O) groups is 1. The van der Waals surface area contributed by atoms with Gasteiger partial charge in [-0.3, -0.25) is 9.48 Å². The molecule has 0 spiro atoms. The SMILES string of the molecule is Cc1nn(C)c(C)c1[C@@H]1CCCN1C(=O)c1ccc(NC2CC2)nc1. The Balaban J connectivity index is 1.55. The third-order valence-electron chi connectivity index (χ3n) is 5.35. The van der Waals surface area contributed by atoms with E-state index in [4.69, 9.17) is 0 Å². The Morgan fingerprint density at radius 2 is 2.04 bits per heavy atom. The molecule has 6 heteroatoms. The molecule has 1 N–H and O–H groups in total. The molecule has 1 aliphatic carbocycles. The molecule has 1 aliphatic heterocycles. The zero-order valence-corrected chi connectivity index (χ0v) is 15.1. The van der Waals surface area contributed by atoms with Crippen molar-refractivity contribution in [3.8, 4) is 0 Å². The highest BCUT2D eigenvalue weighted by atomic mass is 16.2. The second-order valence-corrected chi connectivity index (χ2v) is 7.22. The van der Waals surface area contributed by atoms with Crippen LogP contribution < -0.4 is 5.32 Å². The fraction of sp³-hybridized carbons (Fsp3) is 0.526. The van der Waals surface area contributed by atoms with Crippen molar-refractivity contribution in [2.45, 2.75) is 51.6 Å². The first-order valence-electron chi connectivity index (χ1n) is 9.08. The highest BCUT2D eigenvalue weighted by Gasteiger charge is 2.34. The molecule has 25 heavy (non-hydrogen) atoms. The first kappa shape index (κ1) is 16.1. The van der Waals surface area contributed by atoms with Crippen LogP contribution in [0.1, 0.15) is 59.0 Å². The predicted octanol–water partition coefficient (Wildman–Crippen LogP) is 2.98. The molecule has 4 rings (SSSR count). The highest BCUT2D eigenvalue weighted by molar-refractivity contribution is 5.94. The lowest BCUT2D eigenvalue weighted by Crippen LogP contribution is -2.31. The van der Waals surface area contributed by atoms with Gasteiger partial charge < -0.3 is 10.2 Å². The van der Waals surface area contributed by atoms with Crippen LogP contribution in [0.2, 0.25) is 0 Å². The molecule has 2 aliphatic rings. The summed E-state index contributed by atoms with van der Waals surface area (Å²) < 4.78 is 1.91. The predicted molar refractivity (Wildman–Crippen MR) is 96.6 cm³/mol. The van der Waals surface area contributed by atoms with Crippen LogP contribution in [0.5, 0.6) is 0 Å². The van der Waals surface area contributed by atoms with Crippen LogP contribution >= 0.6 is 0 Å². The zero-order valence-electron chi connectivity index (χ0n) is 15.1. The maximum absolute atomic E-state index is 13.0. The van der Waals surface area contributed by atoms with Gasteiger partial charge in [-0.05, 0) is 51.7 Å². The van der Waals surface area contributed by atoms with E-state index in [1.54, 1.807) is 6.20 Å². The van der Waals surface area contributed by atoms with E-state index in [-0.39, 0.29) is 11.9 Å². The van der Waals surface area contributed by atoms with Crippen LogP contribution in [-0.2, 0) is 7.05 Å². The van der Waals surface area contributed by atoms with Gasteiger partial charge in [0, 0.05) is 37.1 Å². The van der Waals surface area contributed by atoms with E-state index in [2.05, 4.69) is 22.3 Å². The topological polar surface area (TPSA) is 63.1 Å². The van der Waals surface area contributed by atoms with E-state index in [0.29, 0.717) is 11.6 Å². The van der Waals surface area contributed by atoms with E-state index in [1.807, 2.05) is 35.7 Å². The third kappa shape index (κ3) is 3.01. The Labute approximate surface area is 148 Å². The van der Waals surface area contributed by atoms with E-state index >= 15 is 0 Å². The van der Waals surface area contributed by atoms with Gasteiger partial charge in [-0.25, -0.2) is 4.98 Å². The second-order valence-electron chi connectivity index (χ2n) is 7.22. The lowest BCUT2D eigenvalue weighted by atomic mass is 10.0. The van der Waals surface area contributed by atoms with E-state index in [0.717, 1.165) is 36.6 Å². The minimum Gasteiger partial charge on any atom is -0.367 e. The maximum atomic E-state index is 13.0. The molecule has 3 heterocycles. The van der Waals surface area contributed by atoms with Gasteiger partial charge in [0.1, 0.15) is 5.82 Å². The molecule has 1 saturated heterocycles. The van der Waals surface area contributed by atoms with Crippen LogP contribution in [-0.4, -0.2) is 38.2 Å². The Morgan fingerprint density at radius 1 is 1.24 bits per heavy atom. The number of nitrogens with zero attached hydrogens (tertiary/aromatic N) is 4. The monoisotopic (exact) mass is 339 g/mol. The molecule has 1 amide bonds. The molecule has 1 atom stereocenters. The molecule has 0 bridgehead atoms. The van der Waals surface area contributed by atoms with Crippen LogP contribution in [0, 0.1) is 13.8 Å². The number of aryl methyl sites for hydroxylation is 2. The summed E-state index contributed by atoms with van der Waals surface area (Å²) in [6.45, 7) is 4.90. The Morgan fingerprint density at radius 3 is 2.64 bits per heavy atom. The van der Waals surface area contributed by atoms with Crippen LogP contribution in [0.25, 0.3) is 0 Å². The van der Waals surface area contributed by atoms with E-state index in [1.165, 1.54) is 18.4 Å². The normalized spacial score (nSPS) is 20.1. The van der Waals surface area contributed by atoms with Crippen LogP contribution in [0.4, 0.5) is 5.82 Å². The number of pyridine rings is 1. The summed E-state index contributed by atoms with van der Waals surface area (Å²) in [5.74, 6) is 0.923. The minimum atomic E-state index is 0.0654. The average Bonchev–Trinajstić information content (AvgIpc) is 3.22. The number of nitrogens with one attached hydrogen (secondary N) is 1. The van der Waals surface area contributed by atoms with Crippen molar-refractivity contribution in [1.82, 2.24) is 19.7 Å². The Hall–Kier alpha value is -2.37. The van der Waals surface area contributed by atoms with E-state index in [9.17, 15) is 4.79 Å². The van der Waals surface area contributed by atoms with Gasteiger partial charge in [0.15, 0.2) is 0 Å². The van der Waals surface area contributed by atoms with Crippen molar-refractivity contribution in [1.29, 1.82) is 0 Å². The lowest BCUT2D eigenvalue weighted by Gasteiger charge is -2.25. The number of carbonyl (C=O) groups excluding carboxylic acids is 1. The van der Waals surface area contributed by atoms with Gasteiger partial charge >= 0.3 is 0 Å². The molecule has 6 nitrogen and oxygen atoms in total. The highest BCUT2D eigenvalue weighted by Crippen LogP contribution is 2.36. The second kappa shape index (κ2) is 6.17. The third-order valence-corrected chi connectivity index (χ3v) is 5.35. The molecule has 2 aromatic rings. The fourth-order valence-electron chi connectivity index (χ4n) is 3.79. The summed E-state index contributed by atoms with van der Waals surface area (Å²) in [4.78, 5) is 19.4. The molecule has 2 fully saturated rings. The quantitative estimate of drug-likeness (QED) is 0.930. The van der Waals surface area contributed by atoms with Gasteiger partial charge in [-0.15, -0.1) is 0 Å². The molecule has 2 aromatic heterocycles. The summed E-state index contributed by atoms with van der Waals surface area (Å²) >= 11 is 0. The summed E-state index contributed by atoms with van der Waals surface area (Å²) in [6.07, 6.45) is 6.14. The number of aromatic nitrogens is 3. The number of amides is 1. The number of hydrogen-bond acceptors (Lipinski definition) is 4. The fourth-order valence-corrected chi connectivity index (χ4v) is 3.79. The van der Waals surface area contributed by atoms with E-state index < -0.39 is 0 Å². The lowest BCUT2D eigenvalue weighted by molar-refractivity contribution is 0.0734. The molecular formula is C19H25N5O. The largest absolute Gasteiger partial charge is 0.367 e. The molecule has 0 unspecified atom stereocenters. The van der Waals surface area contributed by atoms with Crippen molar-refractivity contribution in [3.05, 3.63) is 40.8 Å². The minimum absolute atomic E-state index is 0.0654. The molecule has 1 saturated carbocycles. The van der Waals surface area contributed by atoms with Gasteiger partial charge in [0.25, 0.3) is 5.91 Å². The Bertz CT molecular complexity index is 791. The van der Waals surface area contributed by atoms with Crippen molar-refractivity contribution in [2.75, 3.05) is 11.9 Å². The van der Waals surface area contributed by atoms with Crippen molar-refractivity contribution in [3.63, 3.8) is 0 Å². The molecular weight excluding hydrogens is 314 g/mol. The van der Waals surface area contributed by atoms with Crippen LogP contribution in [0.3, 0.4) is 0 Å². The number of likely N-dealkylation sites (tertiary alicyclic amines) is 1. The number of hydrogen-bond donors (Lipinski definition) is 1. The van der Waals surface area contributed by atoms with Gasteiger partial charge in [0.2, 0.25) is 0 Å². The maximum Gasteiger partial charge on any atom is 0.255 e. The van der Waals surface area contributed by atoms with Crippen molar-refractivity contribution >= 4 is 11.7 Å². The van der Waals surface area contributed by atoms with Gasteiger partial charge in [0.05, 0.1) is 17.3 Å². The summed E-state index contributed by atoms with van der Waals surface area (Å²) in [5, 5.41) is 7.88. The van der Waals surface area contributed by atoms with Gasteiger partial charge in [-0.2, -0.15) is 5.10 Å². The molecule has 132 valence electrons. The average molecular weight is 339 g/mol. The first-order valence-corrected chi connectivity index (χ1v) is 9.08. The summed E-state index contributed by atoms with van der Waals surface area (Å²) in [7, 11) is 1.96. The zero-order chi connectivity index (χ0) is 17.6. The summed E-state index contributed by atoms with van der Waals surface area (Å²) in [5.41, 5.74) is 4.02. The molecule has 0 radical (unpaired) electrons. The van der Waals surface area contributed by atoms with Gasteiger partial charge in [-0.1, -0.05) is 0 Å². The molecule has 0 aromatic carbocycles. The van der Waals surface area contributed by atoms with Crippen molar-refractivity contribution < 1.29 is 4.79 Å². The van der Waals surface area contributed by atoms with Crippen LogP contribution in [0.15, 0.2) is 18.3 Å². The number of rotatable bonds is 4.